The van der Waals surface area contributed by atoms with Crippen LogP contribution in [0, 0.1) is 5.92 Å². The summed E-state index contributed by atoms with van der Waals surface area (Å²) in [5, 5.41) is 2.94. The van der Waals surface area contributed by atoms with E-state index in [9.17, 15) is 9.59 Å². The van der Waals surface area contributed by atoms with Crippen molar-refractivity contribution in [2.24, 2.45) is 5.92 Å². The maximum absolute atomic E-state index is 12.8. The van der Waals surface area contributed by atoms with E-state index in [2.05, 4.69) is 5.32 Å². The Kier molecular flexibility index (Phi) is 4.13. The van der Waals surface area contributed by atoms with Gasteiger partial charge in [0.1, 0.15) is 5.54 Å². The summed E-state index contributed by atoms with van der Waals surface area (Å²) >= 11 is 0. The molecule has 2 aliphatic rings. The van der Waals surface area contributed by atoms with E-state index in [1.165, 1.54) is 0 Å². The zero-order valence-corrected chi connectivity index (χ0v) is 12.1. The molecule has 1 saturated carbocycles. The average molecular weight is 268 g/mol. The van der Waals surface area contributed by atoms with Gasteiger partial charge in [-0.3, -0.25) is 9.59 Å². The molecule has 2 atom stereocenters. The molecule has 2 rings (SSSR count). The molecule has 2 unspecified atom stereocenters. The summed E-state index contributed by atoms with van der Waals surface area (Å²) in [4.78, 5) is 26.4. The van der Waals surface area contributed by atoms with Gasteiger partial charge in [0.25, 0.3) is 0 Å². The highest BCUT2D eigenvalue weighted by molar-refractivity contribution is 5.94. The number of ether oxygens (including phenoxy) is 1. The second kappa shape index (κ2) is 5.49. The lowest BCUT2D eigenvalue weighted by Gasteiger charge is -2.35. The highest BCUT2D eigenvalue weighted by atomic mass is 16.5. The summed E-state index contributed by atoms with van der Waals surface area (Å²) < 4.78 is 5.41. The first-order valence-corrected chi connectivity index (χ1v) is 7.19. The van der Waals surface area contributed by atoms with Crippen LogP contribution in [-0.2, 0) is 14.3 Å². The third-order valence-electron chi connectivity index (χ3n) is 4.17. The summed E-state index contributed by atoms with van der Waals surface area (Å²) in [6.45, 7) is 7.45. The maximum Gasteiger partial charge on any atom is 0.248 e. The molecule has 0 aromatic heterocycles. The Labute approximate surface area is 114 Å². The van der Waals surface area contributed by atoms with Crippen LogP contribution in [0.2, 0.25) is 0 Å². The van der Waals surface area contributed by atoms with Gasteiger partial charge in [-0.2, -0.15) is 0 Å². The molecule has 1 saturated heterocycles. The summed E-state index contributed by atoms with van der Waals surface area (Å²) in [7, 11) is 0. The van der Waals surface area contributed by atoms with Gasteiger partial charge in [0, 0.05) is 19.6 Å². The lowest BCUT2D eigenvalue weighted by molar-refractivity contribution is -0.141. The van der Waals surface area contributed by atoms with Crippen molar-refractivity contribution in [1.29, 1.82) is 0 Å². The number of carbonyl (C=O) groups is 2. The molecule has 108 valence electrons. The van der Waals surface area contributed by atoms with Gasteiger partial charge >= 0.3 is 0 Å². The largest absolute Gasteiger partial charge is 0.380 e. The fourth-order valence-corrected chi connectivity index (χ4v) is 2.76. The van der Waals surface area contributed by atoms with Crippen LogP contribution in [-0.4, -0.2) is 48.1 Å². The summed E-state index contributed by atoms with van der Waals surface area (Å²) in [6, 6.07) is 0.0122. The average Bonchev–Trinajstić information content (AvgIpc) is 3.19. The molecule has 1 N–H and O–H groups in total. The topological polar surface area (TPSA) is 58.6 Å². The van der Waals surface area contributed by atoms with Crippen LogP contribution in [0.25, 0.3) is 0 Å². The molecule has 1 aliphatic carbocycles. The Bertz CT molecular complexity index is 368. The zero-order chi connectivity index (χ0) is 14.0. The minimum Gasteiger partial charge on any atom is -0.380 e. The standard InChI is InChI=1S/C14H24N2O3/c1-4-19-9-10(2)16-8-7-12(17)15-14(3,13(16)18)11-5-6-11/h10-11H,4-9H2,1-3H3,(H,15,17). The highest BCUT2D eigenvalue weighted by Crippen LogP contribution is 2.41. The van der Waals surface area contributed by atoms with E-state index in [-0.39, 0.29) is 17.9 Å². The summed E-state index contributed by atoms with van der Waals surface area (Å²) in [5.74, 6) is 0.325. The molecule has 0 spiro atoms. The normalized spacial score (nSPS) is 29.9. The molecule has 2 fully saturated rings. The lowest BCUT2D eigenvalue weighted by atomic mass is 9.93. The Morgan fingerprint density at radius 1 is 1.47 bits per heavy atom. The van der Waals surface area contributed by atoms with Crippen LogP contribution in [0.3, 0.4) is 0 Å². The van der Waals surface area contributed by atoms with Crippen LogP contribution < -0.4 is 5.32 Å². The number of nitrogens with one attached hydrogen (secondary N) is 1. The maximum atomic E-state index is 12.8. The zero-order valence-electron chi connectivity index (χ0n) is 12.1. The first-order chi connectivity index (χ1) is 8.99. The van der Waals surface area contributed by atoms with Crippen molar-refractivity contribution in [1.82, 2.24) is 10.2 Å². The molecule has 1 heterocycles. The second-order valence-electron chi connectivity index (χ2n) is 5.78. The predicted octanol–water partition coefficient (Wildman–Crippen LogP) is 0.929. The molecular weight excluding hydrogens is 244 g/mol. The van der Waals surface area contributed by atoms with E-state index < -0.39 is 5.54 Å². The Morgan fingerprint density at radius 3 is 2.74 bits per heavy atom. The van der Waals surface area contributed by atoms with Crippen LogP contribution in [0.4, 0.5) is 0 Å². The van der Waals surface area contributed by atoms with Crippen molar-refractivity contribution in [3.05, 3.63) is 0 Å². The first-order valence-electron chi connectivity index (χ1n) is 7.19. The minimum absolute atomic E-state index is 0.0122. The van der Waals surface area contributed by atoms with Crippen molar-refractivity contribution >= 4 is 11.8 Å². The number of carbonyl (C=O) groups excluding carboxylic acids is 2. The van der Waals surface area contributed by atoms with E-state index in [1.54, 1.807) is 0 Å². The number of hydrogen-bond donors (Lipinski definition) is 1. The third-order valence-corrected chi connectivity index (χ3v) is 4.17. The van der Waals surface area contributed by atoms with Crippen molar-refractivity contribution in [2.75, 3.05) is 19.8 Å². The van der Waals surface area contributed by atoms with E-state index in [1.807, 2.05) is 25.7 Å². The molecule has 0 aromatic carbocycles. The van der Waals surface area contributed by atoms with Crippen molar-refractivity contribution in [3.63, 3.8) is 0 Å². The van der Waals surface area contributed by atoms with Gasteiger partial charge in [-0.1, -0.05) is 0 Å². The molecule has 0 bridgehead atoms. The summed E-state index contributed by atoms with van der Waals surface area (Å²) in [6.07, 6.45) is 2.43. The third kappa shape index (κ3) is 2.91. The first kappa shape index (κ1) is 14.3. The smallest absolute Gasteiger partial charge is 0.248 e. The van der Waals surface area contributed by atoms with Gasteiger partial charge < -0.3 is 15.0 Å². The second-order valence-corrected chi connectivity index (χ2v) is 5.78. The van der Waals surface area contributed by atoms with Crippen LogP contribution in [0.5, 0.6) is 0 Å². The van der Waals surface area contributed by atoms with Gasteiger partial charge in [0.2, 0.25) is 11.8 Å². The quantitative estimate of drug-likeness (QED) is 0.807. The molecule has 19 heavy (non-hydrogen) atoms. The monoisotopic (exact) mass is 268 g/mol. The fourth-order valence-electron chi connectivity index (χ4n) is 2.76. The summed E-state index contributed by atoms with van der Waals surface area (Å²) in [5.41, 5.74) is -0.714. The van der Waals surface area contributed by atoms with Gasteiger partial charge in [0.15, 0.2) is 0 Å². The van der Waals surface area contributed by atoms with Crippen molar-refractivity contribution in [3.8, 4) is 0 Å². The Hall–Kier alpha value is -1.10. The van der Waals surface area contributed by atoms with E-state index >= 15 is 0 Å². The molecule has 5 heteroatoms. The molecule has 0 radical (unpaired) electrons. The van der Waals surface area contributed by atoms with E-state index in [0.29, 0.717) is 32.1 Å². The molecule has 2 amide bonds. The molecular formula is C14H24N2O3. The van der Waals surface area contributed by atoms with Gasteiger partial charge in [-0.05, 0) is 39.5 Å². The van der Waals surface area contributed by atoms with Crippen LogP contribution in [0.1, 0.15) is 40.0 Å². The Morgan fingerprint density at radius 2 is 2.16 bits per heavy atom. The lowest BCUT2D eigenvalue weighted by Crippen LogP contribution is -2.58. The van der Waals surface area contributed by atoms with Crippen molar-refractivity contribution in [2.45, 2.75) is 51.6 Å². The molecule has 0 aromatic rings. The van der Waals surface area contributed by atoms with Crippen LogP contribution in [0.15, 0.2) is 0 Å². The molecule has 5 nitrogen and oxygen atoms in total. The minimum atomic E-state index is -0.714. The highest BCUT2D eigenvalue weighted by Gasteiger charge is 2.51. The van der Waals surface area contributed by atoms with Gasteiger partial charge in [-0.15, -0.1) is 0 Å². The molecule has 1 aliphatic heterocycles. The Balaban J connectivity index is 2.14. The van der Waals surface area contributed by atoms with Gasteiger partial charge in [-0.25, -0.2) is 0 Å². The number of hydrogen-bond acceptors (Lipinski definition) is 3. The number of amides is 2. The SMILES string of the molecule is CCOCC(C)N1CCC(=O)NC(C)(C2CC2)C1=O. The van der Waals surface area contributed by atoms with E-state index in [0.717, 1.165) is 12.8 Å². The van der Waals surface area contributed by atoms with Crippen LogP contribution >= 0.6 is 0 Å². The predicted molar refractivity (Wildman–Crippen MR) is 71.6 cm³/mol. The van der Waals surface area contributed by atoms with E-state index in [4.69, 9.17) is 4.74 Å². The number of nitrogens with zero attached hydrogens (tertiary/aromatic N) is 1. The van der Waals surface area contributed by atoms with Crippen molar-refractivity contribution < 1.29 is 14.3 Å². The number of rotatable bonds is 5. The van der Waals surface area contributed by atoms with Gasteiger partial charge in [0.05, 0.1) is 12.6 Å². The fraction of sp³-hybridized carbons (Fsp3) is 0.857.